The Hall–Kier alpha value is -2.86. The topological polar surface area (TPSA) is 79.0 Å². The molecule has 6 nitrogen and oxygen atoms in total. The summed E-state index contributed by atoms with van der Waals surface area (Å²) in [6, 6.07) is 13.3. The van der Waals surface area contributed by atoms with Crippen LogP contribution in [-0.4, -0.2) is 23.0 Å². The van der Waals surface area contributed by atoms with Crippen LogP contribution in [0.4, 0.5) is 5.69 Å². The number of nitrogens with one attached hydrogen (secondary N) is 3. The Morgan fingerprint density at radius 3 is 2.95 bits per heavy atom. The number of ether oxygens (including phenoxy) is 1. The number of carbonyl (C=O) groups excluding carboxylic acids is 1. The maximum Gasteiger partial charge on any atom is 0.337 e. The van der Waals surface area contributed by atoms with Crippen LogP contribution in [0.15, 0.2) is 42.5 Å². The van der Waals surface area contributed by atoms with Gasteiger partial charge >= 0.3 is 5.97 Å². The summed E-state index contributed by atoms with van der Waals surface area (Å²) in [4.78, 5) is 19.5. The first-order valence-electron chi connectivity index (χ1n) is 6.95. The number of aromatic amines is 1. The standard InChI is InChI=1S/C16H14N4O2/c1-22-16(21)9-6-7-12-13(8-9)18-15(17-12)14-10-4-2-3-5-11(10)19-20-14/h2-8,14,19-20H,1H3,(H,17,18). The average molecular weight is 294 g/mol. The molecule has 4 rings (SSSR count). The summed E-state index contributed by atoms with van der Waals surface area (Å²) in [6.07, 6.45) is 0. The highest BCUT2D eigenvalue weighted by molar-refractivity contribution is 5.93. The van der Waals surface area contributed by atoms with Crippen molar-refractivity contribution in [3.63, 3.8) is 0 Å². The van der Waals surface area contributed by atoms with Gasteiger partial charge in [0.2, 0.25) is 0 Å². The molecule has 0 radical (unpaired) electrons. The van der Waals surface area contributed by atoms with E-state index in [-0.39, 0.29) is 12.0 Å². The summed E-state index contributed by atoms with van der Waals surface area (Å²) in [5.74, 6) is 0.443. The molecular formula is C16H14N4O2. The van der Waals surface area contributed by atoms with Gasteiger partial charge in [0, 0.05) is 5.56 Å². The van der Waals surface area contributed by atoms with E-state index in [1.54, 1.807) is 12.1 Å². The number of esters is 1. The van der Waals surface area contributed by atoms with Gasteiger partial charge < -0.3 is 15.1 Å². The maximum atomic E-state index is 11.6. The SMILES string of the molecule is COC(=O)c1ccc2nc(C3NNc4ccccc43)[nH]c2c1. The van der Waals surface area contributed by atoms with Gasteiger partial charge in [-0.15, -0.1) is 0 Å². The number of anilines is 1. The number of hydrazine groups is 1. The van der Waals surface area contributed by atoms with Crippen LogP contribution in [0.2, 0.25) is 0 Å². The van der Waals surface area contributed by atoms with Crippen molar-refractivity contribution in [3.8, 4) is 0 Å². The molecule has 1 aliphatic heterocycles. The Balaban J connectivity index is 1.76. The Kier molecular flexibility index (Phi) is 2.83. The molecule has 0 spiro atoms. The number of benzene rings is 2. The normalized spacial score (nSPS) is 16.3. The van der Waals surface area contributed by atoms with Crippen LogP contribution in [0.3, 0.4) is 0 Å². The second-order valence-electron chi connectivity index (χ2n) is 5.14. The fourth-order valence-corrected chi connectivity index (χ4v) is 2.72. The molecule has 0 bridgehead atoms. The first-order chi connectivity index (χ1) is 10.8. The van der Waals surface area contributed by atoms with Gasteiger partial charge in [0.25, 0.3) is 0 Å². The van der Waals surface area contributed by atoms with E-state index in [1.165, 1.54) is 7.11 Å². The summed E-state index contributed by atoms with van der Waals surface area (Å²) in [7, 11) is 1.37. The Bertz CT molecular complexity index is 871. The molecule has 0 aliphatic carbocycles. The van der Waals surface area contributed by atoms with Gasteiger partial charge in [-0.25, -0.2) is 15.2 Å². The highest BCUT2D eigenvalue weighted by Crippen LogP contribution is 2.32. The van der Waals surface area contributed by atoms with Crippen molar-refractivity contribution in [1.82, 2.24) is 15.4 Å². The smallest absolute Gasteiger partial charge is 0.337 e. The number of hydrogen-bond donors (Lipinski definition) is 3. The molecule has 1 atom stereocenters. The van der Waals surface area contributed by atoms with Gasteiger partial charge in [-0.1, -0.05) is 18.2 Å². The molecule has 0 amide bonds. The highest BCUT2D eigenvalue weighted by atomic mass is 16.5. The van der Waals surface area contributed by atoms with Gasteiger partial charge in [-0.2, -0.15) is 0 Å². The lowest BCUT2D eigenvalue weighted by Gasteiger charge is -2.06. The summed E-state index contributed by atoms with van der Waals surface area (Å²) in [6.45, 7) is 0. The number of rotatable bonds is 2. The molecule has 110 valence electrons. The summed E-state index contributed by atoms with van der Waals surface area (Å²) >= 11 is 0. The van der Waals surface area contributed by atoms with E-state index in [0.717, 1.165) is 28.1 Å². The zero-order chi connectivity index (χ0) is 15.1. The van der Waals surface area contributed by atoms with Crippen molar-refractivity contribution in [1.29, 1.82) is 0 Å². The molecule has 3 N–H and O–H groups in total. The number of fused-ring (bicyclic) bond motifs is 2. The number of imidazole rings is 1. The van der Waals surface area contributed by atoms with E-state index in [0.29, 0.717) is 5.56 Å². The Morgan fingerprint density at radius 1 is 1.23 bits per heavy atom. The predicted molar refractivity (Wildman–Crippen MR) is 82.5 cm³/mol. The molecule has 2 heterocycles. The first-order valence-corrected chi connectivity index (χ1v) is 6.95. The minimum Gasteiger partial charge on any atom is -0.465 e. The zero-order valence-corrected chi connectivity index (χ0v) is 11.9. The molecule has 1 unspecified atom stereocenters. The Labute approximate surface area is 126 Å². The quantitative estimate of drug-likeness (QED) is 0.632. The lowest BCUT2D eigenvalue weighted by Crippen LogP contribution is -2.20. The average Bonchev–Trinajstić information content (AvgIpc) is 3.16. The lowest BCUT2D eigenvalue weighted by molar-refractivity contribution is 0.0601. The third-order valence-electron chi connectivity index (χ3n) is 3.82. The van der Waals surface area contributed by atoms with Crippen LogP contribution in [0.5, 0.6) is 0 Å². The lowest BCUT2D eigenvalue weighted by atomic mass is 10.1. The van der Waals surface area contributed by atoms with Gasteiger partial charge in [0.1, 0.15) is 11.9 Å². The number of nitrogens with zero attached hydrogens (tertiary/aromatic N) is 1. The van der Waals surface area contributed by atoms with Gasteiger partial charge in [-0.05, 0) is 24.3 Å². The highest BCUT2D eigenvalue weighted by Gasteiger charge is 2.25. The van der Waals surface area contributed by atoms with Crippen LogP contribution in [0.25, 0.3) is 11.0 Å². The predicted octanol–water partition coefficient (Wildman–Crippen LogP) is 2.37. The molecular weight excluding hydrogens is 280 g/mol. The second kappa shape index (κ2) is 4.85. The third kappa shape index (κ3) is 1.93. The van der Waals surface area contributed by atoms with Gasteiger partial charge in [-0.3, -0.25) is 0 Å². The number of H-pyrrole nitrogens is 1. The van der Waals surface area contributed by atoms with E-state index in [4.69, 9.17) is 4.74 Å². The number of methoxy groups -OCH3 is 1. The fraction of sp³-hybridized carbons (Fsp3) is 0.125. The molecule has 22 heavy (non-hydrogen) atoms. The van der Waals surface area contributed by atoms with Crippen molar-refractivity contribution in [2.24, 2.45) is 0 Å². The number of para-hydroxylation sites is 1. The second-order valence-corrected chi connectivity index (χ2v) is 5.14. The zero-order valence-electron chi connectivity index (χ0n) is 11.9. The largest absolute Gasteiger partial charge is 0.465 e. The van der Waals surface area contributed by atoms with Gasteiger partial charge in [0.05, 0.1) is 29.4 Å². The molecule has 0 saturated heterocycles. The van der Waals surface area contributed by atoms with E-state index in [9.17, 15) is 4.79 Å². The molecule has 0 fully saturated rings. The summed E-state index contributed by atoms with van der Waals surface area (Å²) < 4.78 is 4.74. The van der Waals surface area contributed by atoms with Gasteiger partial charge in [0.15, 0.2) is 0 Å². The van der Waals surface area contributed by atoms with Crippen LogP contribution >= 0.6 is 0 Å². The van der Waals surface area contributed by atoms with Crippen molar-refractivity contribution in [3.05, 3.63) is 59.4 Å². The van der Waals surface area contributed by atoms with E-state index < -0.39 is 0 Å². The number of carbonyl (C=O) groups is 1. The molecule has 3 aromatic rings. The molecule has 0 saturated carbocycles. The molecule has 1 aliphatic rings. The van der Waals surface area contributed by atoms with Crippen LogP contribution in [0.1, 0.15) is 27.8 Å². The minimum absolute atomic E-state index is 0.0508. The minimum atomic E-state index is -0.357. The summed E-state index contributed by atoms with van der Waals surface area (Å²) in [5.41, 5.74) is 10.7. The Morgan fingerprint density at radius 2 is 2.09 bits per heavy atom. The molecule has 1 aromatic heterocycles. The van der Waals surface area contributed by atoms with Crippen molar-refractivity contribution >= 4 is 22.7 Å². The maximum absolute atomic E-state index is 11.6. The molecule has 2 aromatic carbocycles. The fourth-order valence-electron chi connectivity index (χ4n) is 2.72. The molecule has 6 heteroatoms. The number of aromatic nitrogens is 2. The van der Waals surface area contributed by atoms with E-state index in [1.807, 2.05) is 24.3 Å². The van der Waals surface area contributed by atoms with Crippen LogP contribution in [-0.2, 0) is 4.74 Å². The van der Waals surface area contributed by atoms with Crippen LogP contribution in [0, 0.1) is 0 Å². The summed E-state index contributed by atoms with van der Waals surface area (Å²) in [5, 5.41) is 0. The van der Waals surface area contributed by atoms with Crippen LogP contribution < -0.4 is 10.9 Å². The third-order valence-corrected chi connectivity index (χ3v) is 3.82. The van der Waals surface area contributed by atoms with E-state index in [2.05, 4.69) is 26.9 Å². The van der Waals surface area contributed by atoms with Crippen molar-refractivity contribution in [2.45, 2.75) is 6.04 Å². The van der Waals surface area contributed by atoms with E-state index >= 15 is 0 Å². The van der Waals surface area contributed by atoms with Crippen molar-refractivity contribution < 1.29 is 9.53 Å². The van der Waals surface area contributed by atoms with Crippen molar-refractivity contribution in [2.75, 3.05) is 12.5 Å². The number of hydrogen-bond acceptors (Lipinski definition) is 5. The monoisotopic (exact) mass is 294 g/mol. The first kappa shape index (κ1) is 12.8.